The summed E-state index contributed by atoms with van der Waals surface area (Å²) in [5, 5.41) is -1.34. The molecular weight excluding hydrogens is 248 g/mol. The van der Waals surface area contributed by atoms with Gasteiger partial charge in [-0.15, -0.1) is 0 Å². The van der Waals surface area contributed by atoms with E-state index in [9.17, 15) is 4.39 Å². The first-order chi connectivity index (χ1) is 4.34. The number of hydrogen-bond acceptors (Lipinski definition) is 1. The summed E-state index contributed by atoms with van der Waals surface area (Å²) in [6.45, 7) is 0. The van der Waals surface area contributed by atoms with E-state index in [0.29, 0.717) is 0 Å². The van der Waals surface area contributed by atoms with Gasteiger partial charge in [0.2, 0.25) is 15.2 Å². The first-order valence-electron chi connectivity index (χ1n) is 1.98. The Hall–Kier alpha value is 1.34. The van der Waals surface area contributed by atoms with Crippen molar-refractivity contribution in [2.24, 2.45) is 0 Å². The molecule has 0 aromatic carbocycles. The zero-order chi connectivity index (χ0) is 8.36. The first kappa shape index (κ1) is 11.3. The van der Waals surface area contributed by atoms with E-state index in [-0.39, 0.29) is 0 Å². The van der Waals surface area contributed by atoms with Crippen LogP contribution in [0.2, 0.25) is 0 Å². The Bertz CT molecular complexity index is 102. The van der Waals surface area contributed by atoms with Crippen LogP contribution >= 0.6 is 58.0 Å². The first-order valence-corrected chi connectivity index (χ1v) is 3.99. The third-order valence-corrected chi connectivity index (χ3v) is 1.20. The summed E-state index contributed by atoms with van der Waals surface area (Å²) in [6.07, 6.45) is -2.13. The highest BCUT2D eigenvalue weighted by Gasteiger charge is 2.35. The lowest BCUT2D eigenvalue weighted by molar-refractivity contribution is -0.0259. The monoisotopic (exact) mass is 248 g/mol. The van der Waals surface area contributed by atoms with Crippen molar-refractivity contribution >= 4 is 58.0 Å². The van der Waals surface area contributed by atoms with Gasteiger partial charge in [-0.05, 0) is 0 Å². The predicted molar refractivity (Wildman–Crippen MR) is 41.8 cm³/mol. The third-order valence-electron chi connectivity index (χ3n) is 0.480. The molecule has 0 heterocycles. The molecule has 0 spiro atoms. The second-order valence-corrected chi connectivity index (χ2v) is 4.64. The van der Waals surface area contributed by atoms with Crippen LogP contribution in [0.15, 0.2) is 0 Å². The molecular formula is C3H2Cl5FO. The van der Waals surface area contributed by atoms with Crippen molar-refractivity contribution in [2.75, 3.05) is 0 Å². The molecule has 1 atom stereocenters. The Morgan fingerprint density at radius 1 is 1.20 bits per heavy atom. The van der Waals surface area contributed by atoms with Gasteiger partial charge in [-0.2, -0.15) is 0 Å². The average Bonchev–Trinajstić information content (AvgIpc) is 1.60. The smallest absolute Gasteiger partial charge is 0.248 e. The second-order valence-electron chi connectivity index (χ2n) is 1.25. The molecule has 0 saturated carbocycles. The summed E-state index contributed by atoms with van der Waals surface area (Å²) in [6, 6.07) is 0. The zero-order valence-corrected chi connectivity index (χ0v) is 8.11. The van der Waals surface area contributed by atoms with Gasteiger partial charge in [-0.1, -0.05) is 58.0 Å². The second kappa shape index (κ2) is 4.39. The lowest BCUT2D eigenvalue weighted by Crippen LogP contribution is -2.25. The van der Waals surface area contributed by atoms with Crippen molar-refractivity contribution in [1.82, 2.24) is 0 Å². The molecule has 0 aliphatic heterocycles. The molecule has 10 heavy (non-hydrogen) atoms. The molecule has 0 aliphatic carbocycles. The van der Waals surface area contributed by atoms with Gasteiger partial charge in [-0.25, -0.2) is 4.39 Å². The van der Waals surface area contributed by atoms with Crippen molar-refractivity contribution in [3.63, 3.8) is 0 Å². The summed E-state index contributed by atoms with van der Waals surface area (Å²) < 4.78 is 14.3. The van der Waals surface area contributed by atoms with Gasteiger partial charge in [0.25, 0.3) is 0 Å². The molecule has 0 aromatic rings. The molecule has 7 heteroatoms. The van der Waals surface area contributed by atoms with Crippen LogP contribution in [0, 0.1) is 0 Å². The van der Waals surface area contributed by atoms with E-state index in [1.807, 2.05) is 0 Å². The molecule has 0 bridgehead atoms. The highest BCUT2D eigenvalue weighted by Crippen LogP contribution is 2.34. The Kier molecular flexibility index (Phi) is 4.97. The third kappa shape index (κ3) is 5.05. The molecule has 0 saturated heterocycles. The molecule has 0 N–H and O–H groups in total. The van der Waals surface area contributed by atoms with E-state index >= 15 is 0 Å². The van der Waals surface area contributed by atoms with E-state index in [1.165, 1.54) is 0 Å². The molecule has 0 rings (SSSR count). The van der Waals surface area contributed by atoms with Crippen LogP contribution in [0.1, 0.15) is 0 Å². The van der Waals surface area contributed by atoms with E-state index in [2.05, 4.69) is 4.74 Å². The van der Waals surface area contributed by atoms with Gasteiger partial charge in [0, 0.05) is 0 Å². The Morgan fingerprint density at radius 2 is 1.60 bits per heavy atom. The SMILES string of the molecule is FC(OC(Cl)Cl)C(Cl)(Cl)Cl. The zero-order valence-electron chi connectivity index (χ0n) is 4.33. The van der Waals surface area contributed by atoms with Gasteiger partial charge >= 0.3 is 0 Å². The summed E-state index contributed by atoms with van der Waals surface area (Å²) in [5.41, 5.74) is 0. The van der Waals surface area contributed by atoms with E-state index in [0.717, 1.165) is 0 Å². The van der Waals surface area contributed by atoms with Crippen LogP contribution in [-0.4, -0.2) is 15.2 Å². The van der Waals surface area contributed by atoms with Gasteiger partial charge < -0.3 is 4.74 Å². The highest BCUT2D eigenvalue weighted by molar-refractivity contribution is 6.68. The van der Waals surface area contributed by atoms with Crippen LogP contribution in [0.4, 0.5) is 4.39 Å². The summed E-state index contributed by atoms with van der Waals surface area (Å²) >= 11 is 25.1. The van der Waals surface area contributed by atoms with Crippen molar-refractivity contribution in [1.29, 1.82) is 0 Å². The lowest BCUT2D eigenvalue weighted by Gasteiger charge is -2.16. The maximum atomic E-state index is 12.4. The molecule has 0 aromatic heterocycles. The van der Waals surface area contributed by atoms with Crippen molar-refractivity contribution in [2.45, 2.75) is 15.2 Å². The Morgan fingerprint density at radius 3 is 1.70 bits per heavy atom. The van der Waals surface area contributed by atoms with Crippen LogP contribution in [0.3, 0.4) is 0 Å². The summed E-state index contributed by atoms with van der Waals surface area (Å²) in [4.78, 5) is 0. The van der Waals surface area contributed by atoms with Crippen molar-refractivity contribution in [3.05, 3.63) is 0 Å². The Labute approximate surface area is 82.3 Å². The summed E-state index contributed by atoms with van der Waals surface area (Å²) in [7, 11) is 0. The summed E-state index contributed by atoms with van der Waals surface area (Å²) in [5.74, 6) is 0. The molecule has 62 valence electrons. The fourth-order valence-electron chi connectivity index (χ4n) is 0.167. The molecule has 1 nitrogen and oxygen atoms in total. The minimum Gasteiger partial charge on any atom is -0.311 e. The highest BCUT2D eigenvalue weighted by atomic mass is 35.6. The molecule has 0 radical (unpaired) electrons. The van der Waals surface area contributed by atoms with Crippen molar-refractivity contribution < 1.29 is 9.13 Å². The van der Waals surface area contributed by atoms with Crippen molar-refractivity contribution in [3.8, 4) is 0 Å². The van der Waals surface area contributed by atoms with Gasteiger partial charge in [0.15, 0.2) is 0 Å². The van der Waals surface area contributed by atoms with Gasteiger partial charge in [-0.3, -0.25) is 0 Å². The van der Waals surface area contributed by atoms with Gasteiger partial charge in [0.05, 0.1) is 0 Å². The quantitative estimate of drug-likeness (QED) is 0.682. The number of alkyl halides is 6. The van der Waals surface area contributed by atoms with Gasteiger partial charge in [0.1, 0.15) is 0 Å². The van der Waals surface area contributed by atoms with E-state index in [4.69, 9.17) is 58.0 Å². The normalized spacial score (nSPS) is 15.9. The molecule has 0 aliphatic rings. The predicted octanol–water partition coefficient (Wildman–Crippen LogP) is 3.43. The maximum Gasteiger partial charge on any atom is 0.248 e. The molecule has 1 unspecified atom stereocenters. The van der Waals surface area contributed by atoms with Crippen LogP contribution < -0.4 is 0 Å². The fraction of sp³-hybridized carbons (Fsp3) is 1.00. The number of hydrogen-bond donors (Lipinski definition) is 0. The minimum absolute atomic E-state index is 1.34. The minimum atomic E-state index is -2.15. The van der Waals surface area contributed by atoms with E-state index < -0.39 is 15.2 Å². The average molecular weight is 250 g/mol. The lowest BCUT2D eigenvalue weighted by atomic mass is 10.8. The topological polar surface area (TPSA) is 9.23 Å². The molecule has 0 fully saturated rings. The Balaban J connectivity index is 3.73. The number of ether oxygens (including phenoxy) is 1. The van der Waals surface area contributed by atoms with Crippen LogP contribution in [0.25, 0.3) is 0 Å². The number of halogens is 6. The largest absolute Gasteiger partial charge is 0.311 e. The van der Waals surface area contributed by atoms with E-state index in [1.54, 1.807) is 0 Å². The maximum absolute atomic E-state index is 12.4. The standard InChI is InChI=1S/C3H2Cl5FO/c4-2(5)10-1(9)3(6,7)8/h1-2H. The van der Waals surface area contributed by atoms with Crippen LogP contribution in [0.5, 0.6) is 0 Å². The molecule has 0 amide bonds. The fourth-order valence-corrected chi connectivity index (χ4v) is 0.502. The van der Waals surface area contributed by atoms with Crippen LogP contribution in [-0.2, 0) is 4.74 Å². The number of rotatable bonds is 2.